The van der Waals surface area contributed by atoms with Crippen LogP contribution in [-0.2, 0) is 6.61 Å². The molecule has 0 radical (unpaired) electrons. The molecule has 0 unspecified atom stereocenters. The van der Waals surface area contributed by atoms with E-state index in [0.717, 1.165) is 22.6 Å². The van der Waals surface area contributed by atoms with Gasteiger partial charge in [-0.3, -0.25) is 9.89 Å². The normalized spacial score (nSPS) is 13.9. The number of benzene rings is 1. The van der Waals surface area contributed by atoms with E-state index in [9.17, 15) is 4.79 Å². The fourth-order valence-electron chi connectivity index (χ4n) is 2.20. The summed E-state index contributed by atoms with van der Waals surface area (Å²) in [5.74, 6) is 0.477. The molecule has 3 N–H and O–H groups in total. The third-order valence-electron chi connectivity index (χ3n) is 3.26. The van der Waals surface area contributed by atoms with Gasteiger partial charge in [-0.25, -0.2) is 0 Å². The molecule has 2 heterocycles. The Morgan fingerprint density at radius 2 is 2.35 bits per heavy atom. The maximum absolute atomic E-state index is 12.1. The Hall–Kier alpha value is -2.34. The summed E-state index contributed by atoms with van der Waals surface area (Å²) in [5.41, 5.74) is 2.74. The third kappa shape index (κ3) is 2.04. The summed E-state index contributed by atoms with van der Waals surface area (Å²) in [5, 5.41) is 18.7. The summed E-state index contributed by atoms with van der Waals surface area (Å²) in [6.45, 7) is 1.92. The highest BCUT2D eigenvalue weighted by molar-refractivity contribution is 5.96. The number of H-pyrrole nitrogens is 1. The number of ether oxygens (including phenoxy) is 1. The molecule has 0 aliphatic carbocycles. The van der Waals surface area contributed by atoms with E-state index in [0.29, 0.717) is 12.3 Å². The van der Waals surface area contributed by atoms with Crippen LogP contribution in [0.4, 0.5) is 0 Å². The first-order valence-corrected chi connectivity index (χ1v) is 6.42. The van der Waals surface area contributed by atoms with Gasteiger partial charge in [-0.2, -0.15) is 5.10 Å². The number of carbonyl (C=O) groups is 1. The molecule has 0 bridgehead atoms. The number of amides is 1. The lowest BCUT2D eigenvalue weighted by atomic mass is 10.0. The molecule has 1 aliphatic rings. The second-order valence-corrected chi connectivity index (χ2v) is 4.77. The van der Waals surface area contributed by atoms with Crippen molar-refractivity contribution in [1.82, 2.24) is 15.5 Å². The Morgan fingerprint density at radius 3 is 3.15 bits per heavy atom. The van der Waals surface area contributed by atoms with Gasteiger partial charge in [0.05, 0.1) is 6.61 Å². The number of aliphatic hydroxyl groups is 1. The van der Waals surface area contributed by atoms with E-state index in [4.69, 9.17) is 9.84 Å². The second kappa shape index (κ2) is 4.97. The molecule has 1 aromatic heterocycles. The highest BCUT2D eigenvalue weighted by Crippen LogP contribution is 2.36. The number of fused-ring (bicyclic) bond motifs is 3. The van der Waals surface area contributed by atoms with Crippen molar-refractivity contribution in [2.45, 2.75) is 19.6 Å². The van der Waals surface area contributed by atoms with E-state index in [2.05, 4.69) is 15.5 Å². The van der Waals surface area contributed by atoms with Crippen LogP contribution in [0.3, 0.4) is 0 Å². The Bertz CT molecular complexity index is 651. The predicted molar refractivity (Wildman–Crippen MR) is 72.4 cm³/mol. The fourth-order valence-corrected chi connectivity index (χ4v) is 2.20. The van der Waals surface area contributed by atoms with Crippen LogP contribution in [0.5, 0.6) is 5.75 Å². The van der Waals surface area contributed by atoms with Crippen molar-refractivity contribution in [3.63, 3.8) is 0 Å². The summed E-state index contributed by atoms with van der Waals surface area (Å²) < 4.78 is 5.64. The summed E-state index contributed by atoms with van der Waals surface area (Å²) in [6.07, 6.45) is 0. The zero-order valence-corrected chi connectivity index (χ0v) is 11.0. The number of nitrogens with one attached hydrogen (secondary N) is 2. The first-order valence-electron chi connectivity index (χ1n) is 6.42. The highest BCUT2D eigenvalue weighted by atomic mass is 16.5. The van der Waals surface area contributed by atoms with E-state index in [1.54, 1.807) is 6.92 Å². The molecule has 1 aliphatic heterocycles. The minimum atomic E-state index is -0.307. The summed E-state index contributed by atoms with van der Waals surface area (Å²) in [4.78, 5) is 12.1. The maximum atomic E-state index is 12.1. The van der Waals surface area contributed by atoms with Gasteiger partial charge < -0.3 is 15.2 Å². The van der Waals surface area contributed by atoms with Crippen LogP contribution in [-0.4, -0.2) is 33.9 Å². The number of aliphatic hydroxyl groups excluding tert-OH is 1. The number of carbonyl (C=O) groups excluding carboxylic acids is 1. The number of nitrogens with zero attached hydrogens (tertiary/aromatic N) is 1. The SMILES string of the molecule is C[C@@H](CO)NC(=O)c1[nH]nc2c1COc1ccccc1-2. The van der Waals surface area contributed by atoms with Gasteiger partial charge in [0.2, 0.25) is 0 Å². The molecule has 3 rings (SSSR count). The van der Waals surface area contributed by atoms with Gasteiger partial charge >= 0.3 is 0 Å². The minimum Gasteiger partial charge on any atom is -0.488 e. The van der Waals surface area contributed by atoms with Crippen LogP contribution >= 0.6 is 0 Å². The van der Waals surface area contributed by atoms with Gasteiger partial charge in [0.15, 0.2) is 0 Å². The largest absolute Gasteiger partial charge is 0.488 e. The number of hydrogen-bond donors (Lipinski definition) is 3. The molecule has 20 heavy (non-hydrogen) atoms. The molecule has 0 saturated heterocycles. The highest BCUT2D eigenvalue weighted by Gasteiger charge is 2.26. The molecular weight excluding hydrogens is 258 g/mol. The average Bonchev–Trinajstić information content (AvgIpc) is 2.91. The van der Waals surface area contributed by atoms with E-state index < -0.39 is 0 Å². The van der Waals surface area contributed by atoms with E-state index in [-0.39, 0.29) is 18.6 Å². The van der Waals surface area contributed by atoms with Crippen molar-refractivity contribution in [2.24, 2.45) is 0 Å². The van der Waals surface area contributed by atoms with Crippen molar-refractivity contribution >= 4 is 5.91 Å². The summed E-state index contributed by atoms with van der Waals surface area (Å²) in [6, 6.07) is 7.28. The molecule has 0 saturated carbocycles. The standard InChI is InChI=1S/C14H15N3O3/c1-8(6-18)15-14(19)13-10-7-20-11-5-3-2-4-9(11)12(10)16-17-13/h2-5,8,18H,6-7H2,1H3,(H,15,19)(H,16,17)/t8-/m0/s1. The van der Waals surface area contributed by atoms with Crippen LogP contribution in [0.25, 0.3) is 11.3 Å². The summed E-state index contributed by atoms with van der Waals surface area (Å²) in [7, 11) is 0. The van der Waals surface area contributed by atoms with Crippen molar-refractivity contribution < 1.29 is 14.6 Å². The van der Waals surface area contributed by atoms with Gasteiger partial charge in [0.1, 0.15) is 23.7 Å². The molecule has 2 aromatic rings. The third-order valence-corrected chi connectivity index (χ3v) is 3.26. The Kier molecular flexibility index (Phi) is 3.15. The van der Waals surface area contributed by atoms with Crippen LogP contribution in [0.1, 0.15) is 23.0 Å². The van der Waals surface area contributed by atoms with Gasteiger partial charge in [0.25, 0.3) is 5.91 Å². The molecule has 1 atom stereocenters. The topological polar surface area (TPSA) is 87.2 Å². The number of aromatic nitrogens is 2. The van der Waals surface area contributed by atoms with Gasteiger partial charge in [0, 0.05) is 17.2 Å². The Balaban J connectivity index is 1.95. The van der Waals surface area contributed by atoms with Gasteiger partial charge in [-0.05, 0) is 19.1 Å². The number of rotatable bonds is 3. The summed E-state index contributed by atoms with van der Waals surface area (Å²) >= 11 is 0. The van der Waals surface area contributed by atoms with Crippen molar-refractivity contribution in [3.05, 3.63) is 35.5 Å². The Morgan fingerprint density at radius 1 is 1.55 bits per heavy atom. The first kappa shape index (κ1) is 12.7. The Labute approximate surface area is 115 Å². The van der Waals surface area contributed by atoms with Gasteiger partial charge in [-0.1, -0.05) is 12.1 Å². The number of aromatic amines is 1. The van der Waals surface area contributed by atoms with Crippen molar-refractivity contribution in [3.8, 4) is 17.0 Å². The van der Waals surface area contributed by atoms with Crippen molar-refractivity contribution in [1.29, 1.82) is 0 Å². The van der Waals surface area contributed by atoms with E-state index >= 15 is 0 Å². The molecule has 1 amide bonds. The minimum absolute atomic E-state index is 0.110. The smallest absolute Gasteiger partial charge is 0.270 e. The average molecular weight is 273 g/mol. The molecule has 0 spiro atoms. The number of para-hydroxylation sites is 1. The molecule has 1 aromatic carbocycles. The van der Waals surface area contributed by atoms with E-state index in [1.165, 1.54) is 0 Å². The van der Waals surface area contributed by atoms with Gasteiger partial charge in [-0.15, -0.1) is 0 Å². The lowest BCUT2D eigenvalue weighted by molar-refractivity contribution is 0.0914. The quantitative estimate of drug-likeness (QED) is 0.781. The molecule has 6 heteroatoms. The lowest BCUT2D eigenvalue weighted by Gasteiger charge is -2.17. The predicted octanol–water partition coefficient (Wildman–Crippen LogP) is 1.08. The molecule has 6 nitrogen and oxygen atoms in total. The zero-order chi connectivity index (χ0) is 14.1. The maximum Gasteiger partial charge on any atom is 0.270 e. The fraction of sp³-hybridized carbons (Fsp3) is 0.286. The molecule has 0 fully saturated rings. The molecule has 104 valence electrons. The zero-order valence-electron chi connectivity index (χ0n) is 11.0. The second-order valence-electron chi connectivity index (χ2n) is 4.77. The molecular formula is C14H15N3O3. The van der Waals surface area contributed by atoms with Crippen LogP contribution in [0, 0.1) is 0 Å². The van der Waals surface area contributed by atoms with Crippen LogP contribution in [0.2, 0.25) is 0 Å². The van der Waals surface area contributed by atoms with E-state index in [1.807, 2.05) is 24.3 Å². The van der Waals surface area contributed by atoms with Crippen LogP contribution < -0.4 is 10.1 Å². The van der Waals surface area contributed by atoms with Crippen molar-refractivity contribution in [2.75, 3.05) is 6.61 Å². The number of hydrogen-bond acceptors (Lipinski definition) is 4. The first-order chi connectivity index (χ1) is 9.70. The lowest BCUT2D eigenvalue weighted by Crippen LogP contribution is -2.35. The van der Waals surface area contributed by atoms with Crippen LogP contribution in [0.15, 0.2) is 24.3 Å². The monoisotopic (exact) mass is 273 g/mol.